The van der Waals surface area contributed by atoms with Gasteiger partial charge in [-0.1, -0.05) is 11.6 Å². The van der Waals surface area contributed by atoms with Gasteiger partial charge >= 0.3 is 0 Å². The SMILES string of the molecule is Cc1cc(C(C)N2Cc3c(ccnc3CC(=O)NCC(C)O)C2=O)cnc1-n1cc(Cl)cn1. The molecule has 0 radical (unpaired) electrons. The quantitative estimate of drug-likeness (QED) is 0.550. The maximum absolute atomic E-state index is 13.2. The normalized spacial score (nSPS) is 14.8. The van der Waals surface area contributed by atoms with Crippen LogP contribution >= 0.6 is 11.6 Å². The molecule has 1 aliphatic rings. The molecule has 4 rings (SSSR count). The fourth-order valence-electron chi connectivity index (χ4n) is 3.90. The van der Waals surface area contributed by atoms with Crippen LogP contribution in [-0.4, -0.2) is 54.2 Å². The summed E-state index contributed by atoms with van der Waals surface area (Å²) in [5.41, 5.74) is 3.68. The predicted molar refractivity (Wildman–Crippen MR) is 122 cm³/mol. The maximum Gasteiger partial charge on any atom is 0.255 e. The number of pyridine rings is 2. The molecule has 172 valence electrons. The fraction of sp³-hybridized carbons (Fsp3) is 0.348. The van der Waals surface area contributed by atoms with E-state index in [1.807, 2.05) is 19.9 Å². The summed E-state index contributed by atoms with van der Waals surface area (Å²) in [6, 6.07) is 3.44. The second kappa shape index (κ2) is 9.29. The molecule has 9 nitrogen and oxygen atoms in total. The summed E-state index contributed by atoms with van der Waals surface area (Å²) in [5, 5.41) is 16.8. The van der Waals surface area contributed by atoms with Gasteiger partial charge in [0.1, 0.15) is 0 Å². The number of fused-ring (bicyclic) bond motifs is 1. The highest BCUT2D eigenvalue weighted by Crippen LogP contribution is 2.33. The fourth-order valence-corrected chi connectivity index (χ4v) is 4.04. The molecule has 3 aromatic heterocycles. The van der Waals surface area contributed by atoms with E-state index in [1.165, 1.54) is 0 Å². The molecule has 33 heavy (non-hydrogen) atoms. The number of halogens is 1. The van der Waals surface area contributed by atoms with Gasteiger partial charge in [0.15, 0.2) is 5.82 Å². The first-order valence-corrected chi connectivity index (χ1v) is 11.0. The van der Waals surface area contributed by atoms with Gasteiger partial charge in [0.2, 0.25) is 5.91 Å². The van der Waals surface area contributed by atoms with Gasteiger partial charge in [-0.25, -0.2) is 9.67 Å². The molecule has 0 saturated heterocycles. The minimum Gasteiger partial charge on any atom is -0.392 e. The third-order valence-corrected chi connectivity index (χ3v) is 5.87. The lowest BCUT2D eigenvalue weighted by atomic mass is 10.1. The van der Waals surface area contributed by atoms with Crippen LogP contribution in [0.2, 0.25) is 5.02 Å². The first kappa shape index (κ1) is 22.9. The van der Waals surface area contributed by atoms with Gasteiger partial charge in [-0.3, -0.25) is 14.6 Å². The molecule has 0 aromatic carbocycles. The van der Waals surface area contributed by atoms with Crippen LogP contribution in [0.3, 0.4) is 0 Å². The van der Waals surface area contributed by atoms with E-state index in [9.17, 15) is 14.7 Å². The predicted octanol–water partition coefficient (Wildman–Crippen LogP) is 2.38. The molecule has 0 aliphatic carbocycles. The van der Waals surface area contributed by atoms with E-state index in [2.05, 4.69) is 20.4 Å². The van der Waals surface area contributed by atoms with Crippen LogP contribution in [0.5, 0.6) is 0 Å². The van der Waals surface area contributed by atoms with Gasteiger partial charge in [-0.05, 0) is 44.0 Å². The lowest BCUT2D eigenvalue weighted by Crippen LogP contribution is -2.32. The van der Waals surface area contributed by atoms with Crippen molar-refractivity contribution in [3.05, 3.63) is 69.9 Å². The van der Waals surface area contributed by atoms with E-state index in [4.69, 9.17) is 11.6 Å². The highest BCUT2D eigenvalue weighted by atomic mass is 35.5. The average molecular weight is 469 g/mol. The van der Waals surface area contributed by atoms with Crippen LogP contribution in [0.1, 0.15) is 52.6 Å². The Morgan fingerprint density at radius 1 is 1.30 bits per heavy atom. The minimum atomic E-state index is -0.630. The summed E-state index contributed by atoms with van der Waals surface area (Å²) in [6.07, 6.45) is 5.95. The zero-order chi connectivity index (χ0) is 23.7. The van der Waals surface area contributed by atoms with Crippen molar-refractivity contribution in [2.24, 2.45) is 0 Å². The van der Waals surface area contributed by atoms with E-state index in [0.29, 0.717) is 28.6 Å². The molecule has 2 N–H and O–H groups in total. The molecule has 2 amide bonds. The highest BCUT2D eigenvalue weighted by molar-refractivity contribution is 6.30. The van der Waals surface area contributed by atoms with Gasteiger partial charge in [0.25, 0.3) is 5.91 Å². The number of hydrogen-bond donors (Lipinski definition) is 2. The number of aliphatic hydroxyl groups is 1. The Morgan fingerprint density at radius 3 is 2.76 bits per heavy atom. The lowest BCUT2D eigenvalue weighted by molar-refractivity contribution is -0.120. The van der Waals surface area contributed by atoms with Crippen molar-refractivity contribution in [1.29, 1.82) is 0 Å². The average Bonchev–Trinajstić information content (AvgIpc) is 3.36. The molecule has 0 spiro atoms. The number of nitrogens with zero attached hydrogens (tertiary/aromatic N) is 5. The molecule has 0 saturated carbocycles. The van der Waals surface area contributed by atoms with Gasteiger partial charge in [0, 0.05) is 36.6 Å². The van der Waals surface area contributed by atoms with E-state index in [1.54, 1.807) is 47.4 Å². The molecule has 2 atom stereocenters. The van der Waals surface area contributed by atoms with Gasteiger partial charge < -0.3 is 15.3 Å². The largest absolute Gasteiger partial charge is 0.392 e. The molecule has 1 aliphatic heterocycles. The monoisotopic (exact) mass is 468 g/mol. The molecular formula is C23H25ClN6O3. The molecule has 4 heterocycles. The summed E-state index contributed by atoms with van der Waals surface area (Å²) >= 11 is 5.97. The molecule has 0 bridgehead atoms. The number of aryl methyl sites for hydroxylation is 1. The van der Waals surface area contributed by atoms with Crippen LogP contribution in [0.25, 0.3) is 5.82 Å². The van der Waals surface area contributed by atoms with Crippen LogP contribution in [0.4, 0.5) is 0 Å². The first-order chi connectivity index (χ1) is 15.7. The van der Waals surface area contributed by atoms with Gasteiger partial charge in [-0.2, -0.15) is 5.10 Å². The number of hydrogen-bond acceptors (Lipinski definition) is 6. The molecule has 2 unspecified atom stereocenters. The topological polar surface area (TPSA) is 113 Å². The number of aliphatic hydroxyl groups excluding tert-OH is 1. The Bertz CT molecular complexity index is 1210. The molecule has 0 fully saturated rings. The minimum absolute atomic E-state index is 0.0488. The van der Waals surface area contributed by atoms with E-state index < -0.39 is 6.10 Å². The summed E-state index contributed by atoms with van der Waals surface area (Å²) in [5.74, 6) is 0.319. The van der Waals surface area contributed by atoms with Crippen molar-refractivity contribution in [2.75, 3.05) is 6.54 Å². The van der Waals surface area contributed by atoms with Crippen molar-refractivity contribution < 1.29 is 14.7 Å². The van der Waals surface area contributed by atoms with Crippen molar-refractivity contribution in [2.45, 2.75) is 45.9 Å². The Balaban J connectivity index is 1.53. The maximum atomic E-state index is 13.2. The van der Waals surface area contributed by atoms with Crippen molar-refractivity contribution in [3.63, 3.8) is 0 Å². The molecule has 10 heteroatoms. The Hall–Kier alpha value is -3.30. The van der Waals surface area contributed by atoms with Crippen molar-refractivity contribution in [3.8, 4) is 5.82 Å². The summed E-state index contributed by atoms with van der Waals surface area (Å²) in [4.78, 5) is 36.0. The van der Waals surface area contributed by atoms with Gasteiger partial charge in [0.05, 0.1) is 41.7 Å². The first-order valence-electron chi connectivity index (χ1n) is 10.6. The molecule has 3 aromatic rings. The van der Waals surface area contributed by atoms with Crippen LogP contribution < -0.4 is 5.32 Å². The summed E-state index contributed by atoms with van der Waals surface area (Å²) < 4.78 is 1.61. The Morgan fingerprint density at radius 2 is 2.09 bits per heavy atom. The zero-order valence-corrected chi connectivity index (χ0v) is 19.4. The van der Waals surface area contributed by atoms with Crippen molar-refractivity contribution in [1.82, 2.24) is 30.0 Å². The third kappa shape index (κ3) is 4.74. The number of aromatic nitrogens is 4. The van der Waals surface area contributed by atoms with Gasteiger partial charge in [-0.15, -0.1) is 0 Å². The third-order valence-electron chi connectivity index (χ3n) is 5.68. The standard InChI is InChI=1S/C23H25ClN6O3/c1-13-6-16(9-27-22(13)30-11-17(24)10-28-30)15(3)29-12-19-18(23(29)33)4-5-25-20(19)7-21(32)26-8-14(2)31/h4-6,9-11,14-15,31H,7-8,12H2,1-3H3,(H,26,32). The molecular weight excluding hydrogens is 444 g/mol. The highest BCUT2D eigenvalue weighted by Gasteiger charge is 2.34. The second-order valence-corrected chi connectivity index (χ2v) is 8.67. The smallest absolute Gasteiger partial charge is 0.255 e. The van der Waals surface area contributed by atoms with Crippen LogP contribution in [0.15, 0.2) is 36.9 Å². The lowest BCUT2D eigenvalue weighted by Gasteiger charge is -2.25. The number of carbonyl (C=O) groups excluding carboxylic acids is 2. The summed E-state index contributed by atoms with van der Waals surface area (Å²) in [7, 11) is 0. The van der Waals surface area contributed by atoms with E-state index >= 15 is 0 Å². The number of carbonyl (C=O) groups is 2. The second-order valence-electron chi connectivity index (χ2n) is 8.23. The van der Waals surface area contributed by atoms with Crippen molar-refractivity contribution >= 4 is 23.4 Å². The number of amides is 2. The van der Waals surface area contributed by atoms with E-state index in [0.717, 1.165) is 16.7 Å². The van der Waals surface area contributed by atoms with E-state index in [-0.39, 0.29) is 30.8 Å². The Labute approximate surface area is 196 Å². The van der Waals surface area contributed by atoms with Crippen LogP contribution in [0, 0.1) is 6.92 Å². The number of rotatable bonds is 7. The summed E-state index contributed by atoms with van der Waals surface area (Å²) in [6.45, 7) is 6.01. The Kier molecular flexibility index (Phi) is 6.44. The van der Waals surface area contributed by atoms with Crippen LogP contribution in [-0.2, 0) is 17.8 Å². The zero-order valence-electron chi connectivity index (χ0n) is 18.6. The number of nitrogens with one attached hydrogen (secondary N) is 1.